The van der Waals surface area contributed by atoms with Gasteiger partial charge in [0.1, 0.15) is 11.4 Å². The Hall–Kier alpha value is -2.33. The lowest BCUT2D eigenvalue weighted by atomic mass is 10.1. The molecule has 4 nitrogen and oxygen atoms in total. The monoisotopic (exact) mass is 265 g/mol. The lowest BCUT2D eigenvalue weighted by Crippen LogP contribution is -2.25. The summed E-state index contributed by atoms with van der Waals surface area (Å²) in [5.41, 5.74) is 3.40. The zero-order chi connectivity index (χ0) is 13.4. The van der Waals surface area contributed by atoms with Gasteiger partial charge in [0.25, 0.3) is 0 Å². The van der Waals surface area contributed by atoms with Gasteiger partial charge in [-0.15, -0.1) is 0 Å². The summed E-state index contributed by atoms with van der Waals surface area (Å²) in [6.07, 6.45) is 3.53. The molecule has 0 saturated heterocycles. The molecule has 4 rings (SSSR count). The van der Waals surface area contributed by atoms with Crippen molar-refractivity contribution in [1.29, 1.82) is 0 Å². The molecule has 1 N–H and O–H groups in total. The molecule has 0 radical (unpaired) electrons. The third-order valence-electron chi connectivity index (χ3n) is 3.72. The van der Waals surface area contributed by atoms with Crippen LogP contribution in [-0.4, -0.2) is 18.1 Å². The molecule has 3 heterocycles. The van der Waals surface area contributed by atoms with Crippen LogP contribution in [0.15, 0.2) is 53.3 Å². The van der Waals surface area contributed by atoms with E-state index >= 15 is 0 Å². The van der Waals surface area contributed by atoms with Gasteiger partial charge in [-0.25, -0.2) is 4.98 Å². The van der Waals surface area contributed by atoms with Crippen LogP contribution in [0.1, 0.15) is 5.56 Å². The van der Waals surface area contributed by atoms with Crippen LogP contribution in [0, 0.1) is 0 Å². The van der Waals surface area contributed by atoms with E-state index in [0.717, 1.165) is 36.4 Å². The molecule has 100 valence electrons. The highest BCUT2D eigenvalue weighted by Crippen LogP contribution is 2.33. The molecule has 1 aliphatic rings. The minimum absolute atomic E-state index is 0.879. The van der Waals surface area contributed by atoms with Crippen molar-refractivity contribution in [2.24, 2.45) is 0 Å². The summed E-state index contributed by atoms with van der Waals surface area (Å²) in [4.78, 5) is 6.85. The van der Waals surface area contributed by atoms with E-state index in [-0.39, 0.29) is 0 Å². The maximum Gasteiger partial charge on any atom is 0.144 e. The number of rotatable bonds is 1. The van der Waals surface area contributed by atoms with Crippen LogP contribution in [-0.2, 0) is 6.54 Å². The largest absolute Gasteiger partial charge is 0.464 e. The van der Waals surface area contributed by atoms with Crippen LogP contribution in [0.2, 0.25) is 0 Å². The first kappa shape index (κ1) is 11.5. The number of nitrogens with zero attached hydrogens (tertiary/aromatic N) is 2. The highest BCUT2D eigenvalue weighted by molar-refractivity contribution is 5.91. The van der Waals surface area contributed by atoms with Crippen molar-refractivity contribution in [3.8, 4) is 0 Å². The van der Waals surface area contributed by atoms with Gasteiger partial charge in [0.15, 0.2) is 0 Å². The van der Waals surface area contributed by atoms with Crippen LogP contribution in [0.25, 0.3) is 11.0 Å². The zero-order valence-electron chi connectivity index (χ0n) is 11.0. The number of benzene rings is 1. The first-order valence-electron chi connectivity index (χ1n) is 6.82. The fourth-order valence-electron chi connectivity index (χ4n) is 2.77. The summed E-state index contributed by atoms with van der Waals surface area (Å²) in [5.74, 6) is 0.965. The highest BCUT2D eigenvalue weighted by atomic mass is 16.3. The van der Waals surface area contributed by atoms with Crippen LogP contribution >= 0.6 is 0 Å². The van der Waals surface area contributed by atoms with Crippen molar-refractivity contribution < 1.29 is 4.42 Å². The molecule has 20 heavy (non-hydrogen) atoms. The van der Waals surface area contributed by atoms with Crippen molar-refractivity contribution in [3.05, 3.63) is 54.4 Å². The van der Waals surface area contributed by atoms with E-state index in [1.807, 2.05) is 18.3 Å². The number of para-hydroxylation sites is 1. The maximum absolute atomic E-state index is 5.49. The quantitative estimate of drug-likeness (QED) is 0.734. The van der Waals surface area contributed by atoms with Crippen LogP contribution in [0.3, 0.4) is 0 Å². The Labute approximate surface area is 117 Å². The first-order valence-corrected chi connectivity index (χ1v) is 6.82. The lowest BCUT2D eigenvalue weighted by Gasteiger charge is -2.24. The van der Waals surface area contributed by atoms with Crippen molar-refractivity contribution in [1.82, 2.24) is 10.3 Å². The summed E-state index contributed by atoms with van der Waals surface area (Å²) >= 11 is 0. The molecule has 0 bridgehead atoms. The van der Waals surface area contributed by atoms with Gasteiger partial charge >= 0.3 is 0 Å². The Kier molecular flexibility index (Phi) is 2.67. The van der Waals surface area contributed by atoms with Crippen molar-refractivity contribution in [2.45, 2.75) is 6.54 Å². The second-order valence-electron chi connectivity index (χ2n) is 4.92. The van der Waals surface area contributed by atoms with Gasteiger partial charge in [-0.2, -0.15) is 0 Å². The van der Waals surface area contributed by atoms with E-state index in [2.05, 4.69) is 39.5 Å². The molecule has 2 aromatic heterocycles. The fourth-order valence-corrected chi connectivity index (χ4v) is 2.77. The van der Waals surface area contributed by atoms with E-state index in [0.29, 0.717) is 0 Å². The molecule has 0 spiro atoms. The summed E-state index contributed by atoms with van der Waals surface area (Å²) in [7, 11) is 0. The second kappa shape index (κ2) is 4.65. The molecular formula is C16H15N3O. The predicted octanol–water partition coefficient (Wildman–Crippen LogP) is 3.07. The number of aromatic nitrogens is 1. The number of fused-ring (bicyclic) bond motifs is 2. The number of pyridine rings is 1. The van der Waals surface area contributed by atoms with Gasteiger partial charge in [0, 0.05) is 31.5 Å². The third-order valence-corrected chi connectivity index (χ3v) is 3.72. The van der Waals surface area contributed by atoms with Gasteiger partial charge in [0.05, 0.1) is 11.6 Å². The first-order chi connectivity index (χ1) is 9.93. The number of anilines is 2. The topological polar surface area (TPSA) is 41.3 Å². The number of furan rings is 1. The number of nitrogens with one attached hydrogen (secondary N) is 1. The van der Waals surface area contributed by atoms with E-state index in [9.17, 15) is 0 Å². The summed E-state index contributed by atoms with van der Waals surface area (Å²) < 4.78 is 5.49. The Morgan fingerprint density at radius 3 is 3.10 bits per heavy atom. The van der Waals surface area contributed by atoms with Gasteiger partial charge < -0.3 is 14.6 Å². The molecule has 0 atom stereocenters. The molecule has 0 aliphatic carbocycles. The molecule has 0 amide bonds. The molecule has 3 aromatic rings. The standard InChI is InChI=1S/C16H15N3O/c1-2-4-14-12(3-1)11-17-8-9-19(14)16-13-6-10-20-15(13)5-7-18-16/h1-7,10,17H,8-9,11H2. The Bertz CT molecular complexity index is 750. The Morgan fingerprint density at radius 2 is 2.10 bits per heavy atom. The number of hydrogen-bond acceptors (Lipinski definition) is 4. The Morgan fingerprint density at radius 1 is 1.15 bits per heavy atom. The van der Waals surface area contributed by atoms with E-state index in [4.69, 9.17) is 4.42 Å². The smallest absolute Gasteiger partial charge is 0.144 e. The van der Waals surface area contributed by atoms with Crippen LogP contribution in [0.4, 0.5) is 11.5 Å². The zero-order valence-corrected chi connectivity index (χ0v) is 11.0. The summed E-state index contributed by atoms with van der Waals surface area (Å²) in [6, 6.07) is 12.4. The molecule has 1 aromatic carbocycles. The van der Waals surface area contributed by atoms with Gasteiger partial charge in [-0.3, -0.25) is 0 Å². The lowest BCUT2D eigenvalue weighted by molar-refractivity contribution is 0.615. The van der Waals surface area contributed by atoms with E-state index in [1.54, 1.807) is 6.26 Å². The van der Waals surface area contributed by atoms with Gasteiger partial charge in [-0.1, -0.05) is 18.2 Å². The highest BCUT2D eigenvalue weighted by Gasteiger charge is 2.19. The molecule has 0 saturated carbocycles. The third kappa shape index (κ3) is 1.77. The average Bonchev–Trinajstić information content (AvgIpc) is 2.87. The normalized spacial score (nSPS) is 15.1. The second-order valence-corrected chi connectivity index (χ2v) is 4.92. The van der Waals surface area contributed by atoms with Crippen LogP contribution < -0.4 is 10.2 Å². The molecule has 4 heteroatoms. The minimum Gasteiger partial charge on any atom is -0.464 e. The minimum atomic E-state index is 0.879. The van der Waals surface area contributed by atoms with E-state index < -0.39 is 0 Å². The number of hydrogen-bond donors (Lipinski definition) is 1. The summed E-state index contributed by atoms with van der Waals surface area (Å²) in [5, 5.41) is 4.51. The van der Waals surface area contributed by atoms with E-state index in [1.165, 1.54) is 11.3 Å². The Balaban J connectivity index is 1.91. The average molecular weight is 265 g/mol. The predicted molar refractivity (Wildman–Crippen MR) is 79.2 cm³/mol. The summed E-state index contributed by atoms with van der Waals surface area (Å²) in [6.45, 7) is 2.73. The maximum atomic E-state index is 5.49. The van der Waals surface area contributed by atoms with Gasteiger partial charge in [-0.05, 0) is 23.8 Å². The molecule has 1 aliphatic heterocycles. The van der Waals surface area contributed by atoms with Gasteiger partial charge in [0.2, 0.25) is 0 Å². The molecule has 0 fully saturated rings. The molecule has 0 unspecified atom stereocenters. The van der Waals surface area contributed by atoms with Crippen molar-refractivity contribution in [2.75, 3.05) is 18.0 Å². The van der Waals surface area contributed by atoms with Crippen molar-refractivity contribution in [3.63, 3.8) is 0 Å². The van der Waals surface area contributed by atoms with Crippen molar-refractivity contribution >= 4 is 22.5 Å². The molecular weight excluding hydrogens is 250 g/mol. The van der Waals surface area contributed by atoms with Crippen LogP contribution in [0.5, 0.6) is 0 Å². The fraction of sp³-hybridized carbons (Fsp3) is 0.188. The SMILES string of the molecule is c1ccc2c(c1)CNCCN2c1nccc2occc12.